The molecule has 0 bridgehead atoms. The number of esters is 1. The van der Waals surface area contributed by atoms with Crippen molar-refractivity contribution < 1.29 is 19.4 Å². The lowest BCUT2D eigenvalue weighted by Gasteiger charge is -2.68. The van der Waals surface area contributed by atoms with E-state index >= 15 is 0 Å². The number of aliphatic hydroxyl groups is 1. The summed E-state index contributed by atoms with van der Waals surface area (Å²) in [5, 5.41) is 12.0. The van der Waals surface area contributed by atoms with Crippen LogP contribution in [0.1, 0.15) is 152 Å². The van der Waals surface area contributed by atoms with Crippen molar-refractivity contribution in [3.63, 3.8) is 0 Å². The van der Waals surface area contributed by atoms with Crippen LogP contribution in [0.2, 0.25) is 0 Å². The number of carbonyl (C=O) groups excluding carboxylic acids is 1. The van der Waals surface area contributed by atoms with E-state index in [0.717, 1.165) is 44.9 Å². The number of ether oxygens (including phenoxy) is 2. The molecule has 2 unspecified atom stereocenters. The molecular weight excluding hydrogens is 496 g/mol. The van der Waals surface area contributed by atoms with E-state index in [1.807, 2.05) is 0 Å². The number of rotatable bonds is 7. The summed E-state index contributed by atoms with van der Waals surface area (Å²) in [4.78, 5) is 12.8. The maximum Gasteiger partial charge on any atom is 0.306 e. The molecule has 10 atom stereocenters. The summed E-state index contributed by atoms with van der Waals surface area (Å²) in [6.45, 7) is 19.0. The van der Waals surface area contributed by atoms with Crippen LogP contribution in [-0.4, -0.2) is 34.5 Å². The fraction of sp³-hybridized carbons (Fsp3) is 0.972. The van der Waals surface area contributed by atoms with Crippen molar-refractivity contribution in [3.05, 3.63) is 0 Å². The second-order valence-electron chi connectivity index (χ2n) is 17.0. The van der Waals surface area contributed by atoms with E-state index in [1.165, 1.54) is 44.9 Å². The van der Waals surface area contributed by atoms with Gasteiger partial charge in [-0.2, -0.15) is 0 Å². The number of hydrogen-bond donors (Lipinski definition) is 1. The molecule has 4 nitrogen and oxygen atoms in total. The largest absolute Gasteiger partial charge is 0.462 e. The van der Waals surface area contributed by atoms with Gasteiger partial charge in [0.25, 0.3) is 0 Å². The first-order valence-corrected chi connectivity index (χ1v) is 17.3. The van der Waals surface area contributed by atoms with Gasteiger partial charge >= 0.3 is 5.97 Å². The van der Waals surface area contributed by atoms with Crippen molar-refractivity contribution in [2.24, 2.45) is 45.8 Å². The lowest BCUT2D eigenvalue weighted by molar-refractivity contribution is -0.238. The molecule has 1 aliphatic heterocycles. The van der Waals surface area contributed by atoms with Crippen molar-refractivity contribution in [2.45, 2.75) is 175 Å². The Morgan fingerprint density at radius 1 is 0.825 bits per heavy atom. The van der Waals surface area contributed by atoms with Gasteiger partial charge in [0.1, 0.15) is 6.10 Å². The maximum absolute atomic E-state index is 12.8. The molecule has 4 heteroatoms. The van der Waals surface area contributed by atoms with E-state index in [1.54, 1.807) is 0 Å². The lowest BCUT2D eigenvalue weighted by Crippen LogP contribution is -2.64. The van der Waals surface area contributed by atoms with Crippen molar-refractivity contribution in [1.29, 1.82) is 0 Å². The van der Waals surface area contributed by atoms with Crippen molar-refractivity contribution in [2.75, 3.05) is 0 Å². The maximum atomic E-state index is 12.8. The average Bonchev–Trinajstić information content (AvgIpc) is 3.33. The number of fused-ring (bicyclic) bond motifs is 5. The average molecular weight is 559 g/mol. The Bertz CT molecular complexity index is 926. The van der Waals surface area contributed by atoms with E-state index in [9.17, 15) is 9.90 Å². The molecule has 0 amide bonds. The highest BCUT2D eigenvalue weighted by Crippen LogP contribution is 2.72. The summed E-state index contributed by atoms with van der Waals surface area (Å²) in [5.41, 5.74) is 0.225. The Hall–Kier alpha value is -0.610. The van der Waals surface area contributed by atoms with Crippen LogP contribution in [0, 0.1) is 45.8 Å². The Labute approximate surface area is 246 Å². The number of carbonyl (C=O) groups is 1. The molecule has 0 aromatic carbocycles. The molecule has 1 N–H and O–H groups in total. The van der Waals surface area contributed by atoms with Crippen LogP contribution in [0.25, 0.3) is 0 Å². The van der Waals surface area contributed by atoms with Crippen molar-refractivity contribution >= 4 is 5.97 Å². The quantitative estimate of drug-likeness (QED) is 0.250. The van der Waals surface area contributed by atoms with Crippen LogP contribution < -0.4 is 0 Å². The SMILES string of the molecule is CCCCCCC(=O)O[C@H]1CC[C@@]2(C)C(CC[C@@]3(C)C4CC[C@H]([C@@]5(C)CCCC(C)(C)O5)[C@H]4[C@H](O)C[C@@H]32)C1(C)C. The minimum Gasteiger partial charge on any atom is -0.462 e. The van der Waals surface area contributed by atoms with Gasteiger partial charge in [0, 0.05) is 11.8 Å². The number of unbranched alkanes of at least 4 members (excludes halogenated alkanes) is 3. The van der Waals surface area contributed by atoms with Crippen LogP contribution in [0.3, 0.4) is 0 Å². The van der Waals surface area contributed by atoms with Crippen molar-refractivity contribution in [1.82, 2.24) is 0 Å². The fourth-order valence-corrected chi connectivity index (χ4v) is 12.0. The minimum atomic E-state index is -0.238. The van der Waals surface area contributed by atoms with Crippen LogP contribution in [0.15, 0.2) is 0 Å². The van der Waals surface area contributed by atoms with Gasteiger partial charge < -0.3 is 14.6 Å². The first kappa shape index (κ1) is 30.8. The normalized spacial score (nSPS) is 47.6. The molecule has 0 radical (unpaired) electrons. The summed E-state index contributed by atoms with van der Waals surface area (Å²) >= 11 is 0. The van der Waals surface area contributed by atoms with Gasteiger partial charge in [0.2, 0.25) is 0 Å². The molecule has 230 valence electrons. The second kappa shape index (κ2) is 10.8. The zero-order valence-corrected chi connectivity index (χ0v) is 27.3. The highest BCUT2D eigenvalue weighted by molar-refractivity contribution is 5.69. The van der Waals surface area contributed by atoms with Gasteiger partial charge in [-0.25, -0.2) is 0 Å². The zero-order chi connectivity index (χ0) is 29.1. The second-order valence-corrected chi connectivity index (χ2v) is 17.0. The molecule has 5 fully saturated rings. The van der Waals surface area contributed by atoms with Crippen LogP contribution in [0.5, 0.6) is 0 Å². The third-order valence-electron chi connectivity index (χ3n) is 13.8. The van der Waals surface area contributed by atoms with Gasteiger partial charge in [-0.3, -0.25) is 4.79 Å². The minimum absolute atomic E-state index is 0.00737. The molecular formula is C36H62O4. The van der Waals surface area contributed by atoms with Crippen LogP contribution in [-0.2, 0) is 14.3 Å². The summed E-state index contributed by atoms with van der Waals surface area (Å²) in [7, 11) is 0. The highest BCUT2D eigenvalue weighted by Gasteiger charge is 2.68. The third kappa shape index (κ3) is 5.11. The van der Waals surface area contributed by atoms with Crippen LogP contribution >= 0.6 is 0 Å². The van der Waals surface area contributed by atoms with Gasteiger partial charge in [0.15, 0.2) is 0 Å². The predicted octanol–water partition coefficient (Wildman–Crippen LogP) is 8.87. The first-order valence-electron chi connectivity index (χ1n) is 17.3. The van der Waals surface area contributed by atoms with E-state index in [4.69, 9.17) is 9.47 Å². The number of hydrogen-bond acceptors (Lipinski definition) is 4. The highest BCUT2D eigenvalue weighted by atomic mass is 16.5. The molecule has 0 aromatic rings. The molecule has 1 heterocycles. The Balaban J connectivity index is 1.33. The number of aliphatic hydroxyl groups excluding tert-OH is 1. The van der Waals surface area contributed by atoms with E-state index in [0.29, 0.717) is 36.0 Å². The molecule has 0 spiro atoms. The molecule has 40 heavy (non-hydrogen) atoms. The van der Waals surface area contributed by atoms with E-state index in [-0.39, 0.29) is 45.6 Å². The standard InChI is InChI=1S/C36H62O4/c1-9-10-11-12-14-30(38)39-29-18-22-35(7)27(33(29,4)5)17-21-34(6)24-15-16-25(31(24)26(37)23-28(34)35)36(8)20-13-19-32(2,3)40-36/h24-29,31,37H,9-23H2,1-8H3/t24?,25-,26+,27?,28-,29-,31-,34-,35-,36+/m0/s1. The Kier molecular flexibility index (Phi) is 8.35. The monoisotopic (exact) mass is 558 g/mol. The smallest absolute Gasteiger partial charge is 0.306 e. The summed E-state index contributed by atoms with van der Waals surface area (Å²) < 4.78 is 13.1. The topological polar surface area (TPSA) is 55.8 Å². The van der Waals surface area contributed by atoms with Crippen molar-refractivity contribution in [3.8, 4) is 0 Å². The molecule has 5 aliphatic rings. The molecule has 0 aromatic heterocycles. The molecule has 4 saturated carbocycles. The van der Waals surface area contributed by atoms with Gasteiger partial charge in [0.05, 0.1) is 17.3 Å². The Morgan fingerprint density at radius 3 is 2.23 bits per heavy atom. The predicted molar refractivity (Wildman–Crippen MR) is 162 cm³/mol. The van der Waals surface area contributed by atoms with E-state index in [2.05, 4.69) is 55.4 Å². The zero-order valence-electron chi connectivity index (χ0n) is 27.3. The summed E-state index contributed by atoms with van der Waals surface area (Å²) in [6.07, 6.45) is 16.2. The third-order valence-corrected chi connectivity index (χ3v) is 13.8. The summed E-state index contributed by atoms with van der Waals surface area (Å²) in [6, 6.07) is 0. The molecule has 5 rings (SSSR count). The van der Waals surface area contributed by atoms with Crippen LogP contribution in [0.4, 0.5) is 0 Å². The summed E-state index contributed by atoms with van der Waals surface area (Å²) in [5.74, 6) is 2.45. The Morgan fingerprint density at radius 2 is 1.52 bits per heavy atom. The molecule has 4 aliphatic carbocycles. The van der Waals surface area contributed by atoms with Gasteiger partial charge in [-0.05, 0) is 132 Å². The first-order chi connectivity index (χ1) is 18.7. The van der Waals surface area contributed by atoms with Gasteiger partial charge in [-0.1, -0.05) is 53.9 Å². The fourth-order valence-electron chi connectivity index (χ4n) is 12.0. The van der Waals surface area contributed by atoms with Gasteiger partial charge in [-0.15, -0.1) is 0 Å². The lowest BCUT2D eigenvalue weighted by atomic mass is 9.38. The molecule has 1 saturated heterocycles. The van der Waals surface area contributed by atoms with E-state index < -0.39 is 0 Å².